The standard InChI is InChI=1S/C18H28N2O2S.ClH/c1-10-9-13(12(3)23-10)11(2)20-16(21)18(19)14-7-6-8-22-15(14)17(18,4)5;/h9,11,14-15H,6-8,19H2,1-5H3,(H,20,21);1H. The molecule has 1 aromatic rings. The molecule has 0 bridgehead atoms. The minimum absolute atomic E-state index is 0. The van der Waals surface area contributed by atoms with Gasteiger partial charge in [-0.05, 0) is 45.2 Å². The van der Waals surface area contributed by atoms with E-state index in [-0.39, 0.29) is 41.8 Å². The highest BCUT2D eigenvalue weighted by Crippen LogP contribution is 2.57. The van der Waals surface area contributed by atoms with E-state index in [1.54, 1.807) is 11.3 Å². The Bertz CT molecular complexity index is 631. The molecule has 2 heterocycles. The number of amides is 1. The minimum atomic E-state index is -0.842. The maximum absolute atomic E-state index is 13.0. The van der Waals surface area contributed by atoms with Crippen LogP contribution in [0.15, 0.2) is 6.07 Å². The predicted molar refractivity (Wildman–Crippen MR) is 101 cm³/mol. The van der Waals surface area contributed by atoms with E-state index >= 15 is 0 Å². The van der Waals surface area contributed by atoms with Gasteiger partial charge in [0.25, 0.3) is 0 Å². The number of carbonyl (C=O) groups excluding carboxylic acids is 1. The van der Waals surface area contributed by atoms with Gasteiger partial charge in [0.2, 0.25) is 5.91 Å². The van der Waals surface area contributed by atoms with Gasteiger partial charge in [0, 0.05) is 27.7 Å². The number of aryl methyl sites for hydroxylation is 2. The maximum Gasteiger partial charge on any atom is 0.241 e. The van der Waals surface area contributed by atoms with E-state index in [0.717, 1.165) is 19.4 Å². The number of hydrogen-bond donors (Lipinski definition) is 2. The Kier molecular flexibility index (Phi) is 5.42. The van der Waals surface area contributed by atoms with E-state index in [2.05, 4.69) is 39.1 Å². The predicted octanol–water partition coefficient (Wildman–Crippen LogP) is 3.50. The molecule has 3 rings (SSSR count). The van der Waals surface area contributed by atoms with Crippen LogP contribution < -0.4 is 11.1 Å². The highest BCUT2D eigenvalue weighted by Gasteiger charge is 2.70. The smallest absolute Gasteiger partial charge is 0.241 e. The van der Waals surface area contributed by atoms with Gasteiger partial charge in [-0.3, -0.25) is 4.79 Å². The molecule has 1 aliphatic carbocycles. The molecule has 1 saturated carbocycles. The van der Waals surface area contributed by atoms with Crippen LogP contribution in [0.4, 0.5) is 0 Å². The topological polar surface area (TPSA) is 64.4 Å². The van der Waals surface area contributed by atoms with Gasteiger partial charge in [-0.25, -0.2) is 0 Å². The number of halogens is 1. The maximum atomic E-state index is 13.0. The highest BCUT2D eigenvalue weighted by molar-refractivity contribution is 7.12. The molecule has 1 amide bonds. The van der Waals surface area contributed by atoms with Crippen molar-refractivity contribution in [3.05, 3.63) is 21.4 Å². The molecule has 24 heavy (non-hydrogen) atoms. The SMILES string of the molecule is Cc1cc(C(C)NC(=O)C2(N)C3CCCOC3C2(C)C)c(C)s1.Cl. The molecule has 6 heteroatoms. The Morgan fingerprint density at radius 2 is 2.12 bits per heavy atom. The lowest BCUT2D eigenvalue weighted by molar-refractivity contribution is -0.225. The normalized spacial score (nSPS) is 32.1. The molecule has 4 unspecified atom stereocenters. The van der Waals surface area contributed by atoms with Crippen molar-refractivity contribution in [1.82, 2.24) is 5.32 Å². The lowest BCUT2D eigenvalue weighted by Crippen LogP contribution is -2.82. The molecule has 4 atom stereocenters. The molecule has 1 aromatic heterocycles. The van der Waals surface area contributed by atoms with Crippen LogP contribution in [0.2, 0.25) is 0 Å². The van der Waals surface area contributed by atoms with E-state index in [4.69, 9.17) is 10.5 Å². The largest absolute Gasteiger partial charge is 0.377 e. The first kappa shape index (κ1) is 19.7. The van der Waals surface area contributed by atoms with Gasteiger partial charge in [-0.2, -0.15) is 0 Å². The van der Waals surface area contributed by atoms with E-state index in [1.807, 2.05) is 6.92 Å². The van der Waals surface area contributed by atoms with Crippen molar-refractivity contribution in [2.75, 3.05) is 6.61 Å². The number of hydrogen-bond acceptors (Lipinski definition) is 4. The second-order valence-corrected chi connectivity index (χ2v) is 9.15. The number of nitrogens with two attached hydrogens (primary N) is 1. The summed E-state index contributed by atoms with van der Waals surface area (Å²) in [5.41, 5.74) is 6.68. The third-order valence-corrected chi connectivity index (χ3v) is 6.94. The zero-order valence-corrected chi connectivity index (χ0v) is 16.8. The average molecular weight is 373 g/mol. The number of fused-ring (bicyclic) bond motifs is 1. The van der Waals surface area contributed by atoms with Crippen LogP contribution in [0.3, 0.4) is 0 Å². The van der Waals surface area contributed by atoms with Gasteiger partial charge in [-0.15, -0.1) is 23.7 Å². The second kappa shape index (κ2) is 6.60. The fraction of sp³-hybridized carbons (Fsp3) is 0.722. The summed E-state index contributed by atoms with van der Waals surface area (Å²) in [7, 11) is 0. The second-order valence-electron chi connectivity index (χ2n) is 7.69. The molecular formula is C18H29ClN2O2S. The summed E-state index contributed by atoms with van der Waals surface area (Å²) in [5, 5.41) is 3.17. The number of nitrogens with one attached hydrogen (secondary N) is 1. The van der Waals surface area contributed by atoms with Gasteiger partial charge in [-0.1, -0.05) is 13.8 Å². The first-order valence-electron chi connectivity index (χ1n) is 8.48. The lowest BCUT2D eigenvalue weighted by Gasteiger charge is -2.65. The van der Waals surface area contributed by atoms with Gasteiger partial charge in [0.15, 0.2) is 0 Å². The first-order chi connectivity index (χ1) is 10.7. The third kappa shape index (κ3) is 2.70. The number of thiophene rings is 1. The molecule has 3 N–H and O–H groups in total. The zero-order valence-electron chi connectivity index (χ0n) is 15.1. The average Bonchev–Trinajstić information content (AvgIpc) is 2.85. The summed E-state index contributed by atoms with van der Waals surface area (Å²) in [6.07, 6.45) is 2.07. The van der Waals surface area contributed by atoms with Crippen LogP contribution in [-0.2, 0) is 9.53 Å². The van der Waals surface area contributed by atoms with Gasteiger partial charge >= 0.3 is 0 Å². The summed E-state index contributed by atoms with van der Waals surface area (Å²) in [4.78, 5) is 15.6. The molecule has 136 valence electrons. The molecule has 0 radical (unpaired) electrons. The summed E-state index contributed by atoms with van der Waals surface area (Å²) >= 11 is 1.77. The van der Waals surface area contributed by atoms with Crippen molar-refractivity contribution >= 4 is 29.7 Å². The van der Waals surface area contributed by atoms with E-state index in [1.165, 1.54) is 15.3 Å². The summed E-state index contributed by atoms with van der Waals surface area (Å²) < 4.78 is 5.89. The van der Waals surface area contributed by atoms with Crippen LogP contribution >= 0.6 is 23.7 Å². The molecule has 2 fully saturated rings. The van der Waals surface area contributed by atoms with Crippen molar-refractivity contribution in [2.45, 2.75) is 65.1 Å². The molecule has 1 saturated heterocycles. The number of rotatable bonds is 3. The summed E-state index contributed by atoms with van der Waals surface area (Å²) in [6, 6.07) is 2.14. The van der Waals surface area contributed by atoms with Crippen molar-refractivity contribution in [2.24, 2.45) is 17.1 Å². The Morgan fingerprint density at radius 1 is 1.46 bits per heavy atom. The van der Waals surface area contributed by atoms with Crippen LogP contribution in [0.25, 0.3) is 0 Å². The van der Waals surface area contributed by atoms with Crippen molar-refractivity contribution in [3.63, 3.8) is 0 Å². The zero-order chi connectivity index (χ0) is 17.0. The van der Waals surface area contributed by atoms with Crippen LogP contribution in [0.5, 0.6) is 0 Å². The van der Waals surface area contributed by atoms with E-state index in [0.29, 0.717) is 0 Å². The number of carbonyl (C=O) groups is 1. The van der Waals surface area contributed by atoms with Crippen molar-refractivity contribution < 1.29 is 9.53 Å². The van der Waals surface area contributed by atoms with Crippen molar-refractivity contribution in [1.29, 1.82) is 0 Å². The van der Waals surface area contributed by atoms with Gasteiger partial charge in [0.1, 0.15) is 5.54 Å². The summed E-state index contributed by atoms with van der Waals surface area (Å²) in [6.45, 7) is 11.1. The van der Waals surface area contributed by atoms with E-state index in [9.17, 15) is 4.79 Å². The fourth-order valence-electron chi connectivity index (χ4n) is 4.51. The van der Waals surface area contributed by atoms with Crippen LogP contribution in [0.1, 0.15) is 55.0 Å². The molecular weight excluding hydrogens is 344 g/mol. The Morgan fingerprint density at radius 3 is 2.71 bits per heavy atom. The van der Waals surface area contributed by atoms with Crippen molar-refractivity contribution in [3.8, 4) is 0 Å². The monoisotopic (exact) mass is 372 g/mol. The Balaban J connectivity index is 0.00000208. The molecule has 1 aliphatic heterocycles. The Hall–Kier alpha value is -0.620. The minimum Gasteiger partial charge on any atom is -0.377 e. The third-order valence-electron chi connectivity index (χ3n) is 5.95. The molecule has 0 spiro atoms. The molecule has 4 nitrogen and oxygen atoms in total. The highest BCUT2D eigenvalue weighted by atomic mass is 35.5. The summed E-state index contributed by atoms with van der Waals surface area (Å²) in [5.74, 6) is 0.0914. The molecule has 0 aromatic carbocycles. The quantitative estimate of drug-likeness (QED) is 0.853. The van der Waals surface area contributed by atoms with Gasteiger partial charge in [0.05, 0.1) is 12.1 Å². The van der Waals surface area contributed by atoms with E-state index < -0.39 is 5.54 Å². The van der Waals surface area contributed by atoms with Gasteiger partial charge < -0.3 is 15.8 Å². The fourth-order valence-corrected chi connectivity index (χ4v) is 5.53. The van der Waals surface area contributed by atoms with Crippen LogP contribution in [-0.4, -0.2) is 24.2 Å². The Labute approximate surface area is 154 Å². The van der Waals surface area contributed by atoms with Crippen LogP contribution in [0, 0.1) is 25.2 Å². The lowest BCUT2D eigenvalue weighted by atomic mass is 9.46. The number of ether oxygens (including phenoxy) is 1. The molecule has 2 aliphatic rings. The first-order valence-corrected chi connectivity index (χ1v) is 9.29.